The molecule has 0 aliphatic carbocycles. The smallest absolute Gasteiger partial charge is 0.303 e. The number of hydrogen-bond acceptors (Lipinski definition) is 6. The molecule has 0 radical (unpaired) electrons. The van der Waals surface area contributed by atoms with Crippen molar-refractivity contribution in [2.45, 2.75) is 44.7 Å². The first-order valence-electron chi connectivity index (χ1n) is 4.22. The number of hydrogen-bond donors (Lipinski definition) is 4. The fraction of sp³-hybridized carbons (Fsp3) is 0.875. The first-order valence-corrected chi connectivity index (χ1v) is 4.22. The van der Waals surface area contributed by atoms with E-state index in [2.05, 4.69) is 0 Å². The molecule has 0 spiro atoms. The van der Waals surface area contributed by atoms with Crippen LogP contribution in [0.25, 0.3) is 0 Å². The lowest BCUT2D eigenvalue weighted by Gasteiger charge is -2.32. The highest BCUT2D eigenvalue weighted by Crippen LogP contribution is 2.16. The summed E-state index contributed by atoms with van der Waals surface area (Å²) in [4.78, 5) is 10.7. The Kier molecular flexibility index (Phi) is 4.01. The van der Waals surface area contributed by atoms with E-state index in [4.69, 9.17) is 16.2 Å². The van der Waals surface area contributed by atoms with E-state index in [0.29, 0.717) is 0 Å². The van der Waals surface area contributed by atoms with Gasteiger partial charge in [-0.2, -0.15) is 0 Å². The van der Waals surface area contributed by atoms with Gasteiger partial charge in [0.1, 0.15) is 17.6 Å². The van der Waals surface area contributed by atoms with Crippen molar-refractivity contribution in [1.29, 1.82) is 0 Å². The van der Waals surface area contributed by atoms with E-state index in [-0.39, 0.29) is 6.42 Å². The third-order valence-corrected chi connectivity index (χ3v) is 1.56. The van der Waals surface area contributed by atoms with Gasteiger partial charge in [-0.05, 0) is 13.8 Å². The van der Waals surface area contributed by atoms with Gasteiger partial charge >= 0.3 is 5.97 Å². The Morgan fingerprint density at radius 1 is 1.43 bits per heavy atom. The number of carbonyl (C=O) groups excluding carboxylic acids is 1. The summed E-state index contributed by atoms with van der Waals surface area (Å²) < 4.78 is 4.74. The van der Waals surface area contributed by atoms with Crippen LogP contribution in [0.15, 0.2) is 0 Å². The van der Waals surface area contributed by atoms with Gasteiger partial charge in [0, 0.05) is 13.3 Å². The van der Waals surface area contributed by atoms with Gasteiger partial charge in [0.2, 0.25) is 0 Å². The van der Waals surface area contributed by atoms with Gasteiger partial charge in [0.15, 0.2) is 0 Å². The minimum absolute atomic E-state index is 0.143. The van der Waals surface area contributed by atoms with Crippen LogP contribution in [0.5, 0.6) is 0 Å². The fourth-order valence-corrected chi connectivity index (χ4v) is 0.943. The fourth-order valence-electron chi connectivity index (χ4n) is 0.943. The molecule has 6 heteroatoms. The van der Waals surface area contributed by atoms with Gasteiger partial charge in [-0.3, -0.25) is 4.79 Å². The van der Waals surface area contributed by atoms with Crippen molar-refractivity contribution in [3.63, 3.8) is 0 Å². The molecule has 3 unspecified atom stereocenters. The quantitative estimate of drug-likeness (QED) is 0.333. The van der Waals surface area contributed by atoms with Crippen molar-refractivity contribution in [1.82, 2.24) is 0 Å². The summed E-state index contributed by atoms with van der Waals surface area (Å²) in [6.45, 7) is 3.78. The SMILES string of the molecule is CC(=O)OC(CC(C)(N)O)C(C)(N)O. The van der Waals surface area contributed by atoms with Crippen LogP contribution < -0.4 is 11.5 Å². The predicted molar refractivity (Wildman–Crippen MR) is 49.8 cm³/mol. The predicted octanol–water partition coefficient (Wildman–Crippen LogP) is -1.36. The molecule has 0 aliphatic heterocycles. The molecule has 0 amide bonds. The molecule has 0 bridgehead atoms. The van der Waals surface area contributed by atoms with Crippen molar-refractivity contribution in [2.24, 2.45) is 11.5 Å². The molecule has 14 heavy (non-hydrogen) atoms. The molecule has 0 rings (SSSR count). The number of ether oxygens (including phenoxy) is 1. The van der Waals surface area contributed by atoms with E-state index in [9.17, 15) is 15.0 Å². The molecule has 0 aliphatic rings. The molecule has 0 saturated heterocycles. The topological polar surface area (TPSA) is 119 Å². The normalized spacial score (nSPS) is 21.9. The zero-order valence-electron chi connectivity index (χ0n) is 8.65. The molecular weight excluding hydrogens is 188 g/mol. The zero-order chi connectivity index (χ0) is 11.6. The van der Waals surface area contributed by atoms with Crippen molar-refractivity contribution in [2.75, 3.05) is 0 Å². The maximum atomic E-state index is 10.7. The second kappa shape index (κ2) is 4.22. The van der Waals surface area contributed by atoms with E-state index < -0.39 is 23.5 Å². The molecule has 0 aromatic rings. The second-order valence-electron chi connectivity index (χ2n) is 3.89. The van der Waals surface area contributed by atoms with Crippen LogP contribution in [-0.2, 0) is 9.53 Å². The summed E-state index contributed by atoms with van der Waals surface area (Å²) in [7, 11) is 0. The first kappa shape index (κ1) is 13.3. The van der Waals surface area contributed by atoms with Crippen LogP contribution in [0.1, 0.15) is 27.2 Å². The summed E-state index contributed by atoms with van der Waals surface area (Å²) in [5, 5.41) is 18.7. The molecule has 0 fully saturated rings. The van der Waals surface area contributed by atoms with E-state index in [0.717, 1.165) is 0 Å². The molecule has 3 atom stereocenters. The van der Waals surface area contributed by atoms with E-state index in [1.54, 1.807) is 0 Å². The number of rotatable bonds is 4. The van der Waals surface area contributed by atoms with Crippen LogP contribution in [0.3, 0.4) is 0 Å². The summed E-state index contributed by atoms with van der Waals surface area (Å²) in [5.74, 6) is -0.593. The summed E-state index contributed by atoms with van der Waals surface area (Å²) >= 11 is 0. The number of carbonyl (C=O) groups is 1. The molecule has 84 valence electrons. The monoisotopic (exact) mass is 206 g/mol. The molecule has 0 heterocycles. The average Bonchev–Trinajstić information content (AvgIpc) is 1.78. The molecule has 6 nitrogen and oxygen atoms in total. The summed E-state index contributed by atoms with van der Waals surface area (Å²) in [6.07, 6.45) is -1.18. The van der Waals surface area contributed by atoms with Gasteiger partial charge in [0.05, 0.1) is 0 Å². The maximum absolute atomic E-state index is 10.7. The standard InChI is InChI=1S/C8H18N2O4/c1-5(11)14-6(8(3,10)13)4-7(2,9)12/h6,12-13H,4,9-10H2,1-3H3. The third-order valence-electron chi connectivity index (χ3n) is 1.56. The first-order chi connectivity index (χ1) is 6.02. The highest BCUT2D eigenvalue weighted by molar-refractivity contribution is 5.66. The largest absolute Gasteiger partial charge is 0.458 e. The van der Waals surface area contributed by atoms with Crippen LogP contribution in [0.4, 0.5) is 0 Å². The minimum atomic E-state index is -1.73. The van der Waals surface area contributed by atoms with Crippen LogP contribution in [0, 0.1) is 0 Å². The van der Waals surface area contributed by atoms with Gasteiger partial charge in [0.25, 0.3) is 0 Å². The maximum Gasteiger partial charge on any atom is 0.303 e. The van der Waals surface area contributed by atoms with Crippen molar-refractivity contribution >= 4 is 5.97 Å². The summed E-state index contributed by atoms with van der Waals surface area (Å²) in [6, 6.07) is 0. The Balaban J connectivity index is 4.50. The van der Waals surface area contributed by atoms with Gasteiger partial charge in [-0.1, -0.05) is 0 Å². The molecule has 0 aromatic heterocycles. The Hall–Kier alpha value is -0.690. The van der Waals surface area contributed by atoms with Crippen molar-refractivity contribution in [3.05, 3.63) is 0 Å². The van der Waals surface area contributed by atoms with Crippen LogP contribution in [0.2, 0.25) is 0 Å². The molecular formula is C8H18N2O4. The van der Waals surface area contributed by atoms with E-state index in [1.807, 2.05) is 0 Å². The minimum Gasteiger partial charge on any atom is -0.458 e. The summed E-state index contributed by atoms with van der Waals surface area (Å²) in [5.41, 5.74) is 7.37. The van der Waals surface area contributed by atoms with Crippen LogP contribution >= 0.6 is 0 Å². The lowest BCUT2D eigenvalue weighted by molar-refractivity contribution is -0.167. The lowest BCUT2D eigenvalue weighted by atomic mass is 10.0. The number of aliphatic hydroxyl groups is 2. The highest BCUT2D eigenvalue weighted by atomic mass is 16.6. The van der Waals surface area contributed by atoms with E-state index >= 15 is 0 Å². The number of esters is 1. The Morgan fingerprint density at radius 3 is 2.07 bits per heavy atom. The zero-order valence-corrected chi connectivity index (χ0v) is 8.65. The average molecular weight is 206 g/mol. The Morgan fingerprint density at radius 2 is 1.86 bits per heavy atom. The molecule has 0 saturated carbocycles. The van der Waals surface area contributed by atoms with Gasteiger partial charge in [-0.25, -0.2) is 0 Å². The second-order valence-corrected chi connectivity index (χ2v) is 3.89. The van der Waals surface area contributed by atoms with Gasteiger partial charge < -0.3 is 26.4 Å². The van der Waals surface area contributed by atoms with Crippen LogP contribution in [-0.4, -0.2) is 33.7 Å². The van der Waals surface area contributed by atoms with Crippen molar-refractivity contribution in [3.8, 4) is 0 Å². The van der Waals surface area contributed by atoms with Gasteiger partial charge in [-0.15, -0.1) is 0 Å². The number of nitrogens with two attached hydrogens (primary N) is 2. The Labute approximate surface area is 82.8 Å². The van der Waals surface area contributed by atoms with Crippen molar-refractivity contribution < 1.29 is 19.7 Å². The van der Waals surface area contributed by atoms with E-state index in [1.165, 1.54) is 20.8 Å². The molecule has 6 N–H and O–H groups in total. The lowest BCUT2D eigenvalue weighted by Crippen LogP contribution is -2.54. The Bertz CT molecular complexity index is 204. The highest BCUT2D eigenvalue weighted by Gasteiger charge is 2.35. The third kappa shape index (κ3) is 5.87. The molecule has 0 aromatic carbocycles.